The summed E-state index contributed by atoms with van der Waals surface area (Å²) in [6.45, 7) is 11.0. The summed E-state index contributed by atoms with van der Waals surface area (Å²) in [6.07, 6.45) is 3.49. The Kier molecular flexibility index (Phi) is 5.06. The van der Waals surface area contributed by atoms with Crippen LogP contribution in [-0.2, 0) is 6.42 Å². The number of nitrogens with zero attached hydrogens (tertiary/aromatic N) is 2. The highest BCUT2D eigenvalue weighted by Crippen LogP contribution is 2.22. The van der Waals surface area contributed by atoms with Gasteiger partial charge in [0.05, 0.1) is 5.66 Å². The third-order valence-electron chi connectivity index (χ3n) is 4.46. The molecule has 20 heavy (non-hydrogen) atoms. The molecule has 1 saturated heterocycles. The molecule has 0 saturated carbocycles. The molecule has 1 heterocycles. The van der Waals surface area contributed by atoms with Crippen LogP contribution in [0.5, 0.6) is 0 Å². The van der Waals surface area contributed by atoms with Gasteiger partial charge in [0.1, 0.15) is 0 Å². The molecule has 1 fully saturated rings. The number of hydrogen-bond acceptors (Lipinski definition) is 3. The first kappa shape index (κ1) is 15.3. The molecule has 1 aliphatic heterocycles. The monoisotopic (exact) mass is 275 g/mol. The van der Waals surface area contributed by atoms with Gasteiger partial charge in [-0.25, -0.2) is 0 Å². The molecule has 1 aromatic carbocycles. The fraction of sp³-hybridized carbons (Fsp3) is 0.647. The predicted octanol–water partition coefficient (Wildman–Crippen LogP) is 2.85. The van der Waals surface area contributed by atoms with Crippen LogP contribution in [0.15, 0.2) is 24.3 Å². The maximum absolute atomic E-state index is 6.52. The lowest BCUT2D eigenvalue weighted by Gasteiger charge is -2.35. The molecule has 1 aliphatic rings. The quantitative estimate of drug-likeness (QED) is 0.866. The van der Waals surface area contributed by atoms with Crippen LogP contribution in [0.25, 0.3) is 0 Å². The van der Waals surface area contributed by atoms with Gasteiger partial charge in [0.15, 0.2) is 0 Å². The summed E-state index contributed by atoms with van der Waals surface area (Å²) in [5.74, 6) is 0. The summed E-state index contributed by atoms with van der Waals surface area (Å²) in [5.41, 5.74) is 8.94. The molecule has 3 heteroatoms. The minimum Gasteiger partial charge on any atom is -0.372 e. The van der Waals surface area contributed by atoms with Gasteiger partial charge in [-0.3, -0.25) is 4.90 Å². The molecule has 2 N–H and O–H groups in total. The zero-order valence-electron chi connectivity index (χ0n) is 13.2. The summed E-state index contributed by atoms with van der Waals surface area (Å²) in [5, 5.41) is 0. The van der Waals surface area contributed by atoms with Gasteiger partial charge in [-0.15, -0.1) is 0 Å². The molecular formula is C17H29N3. The van der Waals surface area contributed by atoms with E-state index in [4.69, 9.17) is 5.73 Å². The molecule has 0 aliphatic carbocycles. The number of nitrogens with two attached hydrogens (primary N) is 1. The SMILES string of the molecule is CCN(CC)c1ccc(CC(C)(N)N2CCCC2)cc1. The standard InChI is InChI=1S/C17H29N3/c1-4-19(5-2)16-10-8-15(9-11-16)14-17(3,18)20-12-6-7-13-20/h8-11H,4-7,12-14,18H2,1-3H3. The molecule has 0 bridgehead atoms. The third kappa shape index (κ3) is 3.53. The van der Waals surface area contributed by atoms with E-state index in [1.54, 1.807) is 0 Å². The lowest BCUT2D eigenvalue weighted by Crippen LogP contribution is -2.53. The first-order chi connectivity index (χ1) is 9.56. The Balaban J connectivity index is 2.02. The van der Waals surface area contributed by atoms with Gasteiger partial charge < -0.3 is 10.6 Å². The lowest BCUT2D eigenvalue weighted by atomic mass is 10.0. The van der Waals surface area contributed by atoms with E-state index in [1.807, 2.05) is 0 Å². The molecule has 3 nitrogen and oxygen atoms in total. The summed E-state index contributed by atoms with van der Waals surface area (Å²) in [4.78, 5) is 4.79. The second-order valence-corrected chi connectivity index (χ2v) is 6.07. The van der Waals surface area contributed by atoms with Crippen LogP contribution < -0.4 is 10.6 Å². The minimum absolute atomic E-state index is 0.215. The first-order valence-corrected chi connectivity index (χ1v) is 7.94. The zero-order valence-corrected chi connectivity index (χ0v) is 13.2. The average molecular weight is 275 g/mol. The Hall–Kier alpha value is -1.06. The van der Waals surface area contributed by atoms with Crippen LogP contribution in [0.3, 0.4) is 0 Å². The maximum Gasteiger partial charge on any atom is 0.0699 e. The molecule has 1 aromatic rings. The van der Waals surface area contributed by atoms with Crippen molar-refractivity contribution in [3.63, 3.8) is 0 Å². The topological polar surface area (TPSA) is 32.5 Å². The Morgan fingerprint density at radius 2 is 1.65 bits per heavy atom. The van der Waals surface area contributed by atoms with Crippen LogP contribution in [0.2, 0.25) is 0 Å². The van der Waals surface area contributed by atoms with Gasteiger partial charge in [-0.05, 0) is 64.4 Å². The maximum atomic E-state index is 6.52. The van der Waals surface area contributed by atoms with Gasteiger partial charge in [0.2, 0.25) is 0 Å². The minimum atomic E-state index is -0.215. The largest absolute Gasteiger partial charge is 0.372 e. The summed E-state index contributed by atoms with van der Waals surface area (Å²) < 4.78 is 0. The smallest absolute Gasteiger partial charge is 0.0699 e. The Morgan fingerprint density at radius 3 is 2.15 bits per heavy atom. The van der Waals surface area contributed by atoms with E-state index in [0.29, 0.717) is 0 Å². The van der Waals surface area contributed by atoms with Crippen molar-refractivity contribution in [1.29, 1.82) is 0 Å². The van der Waals surface area contributed by atoms with Crippen molar-refractivity contribution in [2.75, 3.05) is 31.1 Å². The zero-order chi connectivity index (χ0) is 14.6. The second kappa shape index (κ2) is 6.59. The summed E-state index contributed by atoms with van der Waals surface area (Å²) in [7, 11) is 0. The van der Waals surface area contributed by atoms with E-state index in [-0.39, 0.29) is 5.66 Å². The molecule has 112 valence electrons. The van der Waals surface area contributed by atoms with E-state index in [0.717, 1.165) is 32.6 Å². The molecular weight excluding hydrogens is 246 g/mol. The summed E-state index contributed by atoms with van der Waals surface area (Å²) in [6, 6.07) is 8.91. The fourth-order valence-corrected chi connectivity index (χ4v) is 3.17. The van der Waals surface area contributed by atoms with Crippen molar-refractivity contribution < 1.29 is 0 Å². The van der Waals surface area contributed by atoms with Crippen LogP contribution >= 0.6 is 0 Å². The van der Waals surface area contributed by atoms with E-state index in [1.165, 1.54) is 24.1 Å². The highest BCUT2D eigenvalue weighted by atomic mass is 15.3. The van der Waals surface area contributed by atoms with E-state index in [2.05, 4.69) is 54.8 Å². The predicted molar refractivity (Wildman–Crippen MR) is 87.1 cm³/mol. The van der Waals surface area contributed by atoms with Crippen molar-refractivity contribution in [2.45, 2.75) is 45.7 Å². The van der Waals surface area contributed by atoms with Crippen LogP contribution in [0, 0.1) is 0 Å². The highest BCUT2D eigenvalue weighted by Gasteiger charge is 2.29. The first-order valence-electron chi connectivity index (χ1n) is 7.94. The van der Waals surface area contributed by atoms with E-state index >= 15 is 0 Å². The van der Waals surface area contributed by atoms with Crippen LogP contribution in [-0.4, -0.2) is 36.7 Å². The molecule has 0 amide bonds. The van der Waals surface area contributed by atoms with Crippen molar-refractivity contribution in [1.82, 2.24) is 4.90 Å². The number of anilines is 1. The molecule has 0 spiro atoms. The Bertz CT molecular complexity index is 401. The van der Waals surface area contributed by atoms with Crippen molar-refractivity contribution in [3.05, 3.63) is 29.8 Å². The van der Waals surface area contributed by atoms with Gasteiger partial charge >= 0.3 is 0 Å². The molecule has 1 unspecified atom stereocenters. The summed E-state index contributed by atoms with van der Waals surface area (Å²) >= 11 is 0. The molecule has 0 radical (unpaired) electrons. The van der Waals surface area contributed by atoms with E-state index < -0.39 is 0 Å². The second-order valence-electron chi connectivity index (χ2n) is 6.07. The number of likely N-dealkylation sites (tertiary alicyclic amines) is 1. The number of hydrogen-bond donors (Lipinski definition) is 1. The van der Waals surface area contributed by atoms with E-state index in [9.17, 15) is 0 Å². The molecule has 2 rings (SSSR count). The van der Waals surface area contributed by atoms with Crippen LogP contribution in [0.1, 0.15) is 39.2 Å². The van der Waals surface area contributed by atoms with Crippen molar-refractivity contribution in [3.8, 4) is 0 Å². The molecule has 1 atom stereocenters. The highest BCUT2D eigenvalue weighted by molar-refractivity contribution is 5.47. The van der Waals surface area contributed by atoms with Crippen molar-refractivity contribution >= 4 is 5.69 Å². The van der Waals surface area contributed by atoms with Gasteiger partial charge in [0, 0.05) is 25.2 Å². The number of rotatable bonds is 6. The molecule has 0 aromatic heterocycles. The van der Waals surface area contributed by atoms with Gasteiger partial charge in [-0.1, -0.05) is 12.1 Å². The average Bonchev–Trinajstić information content (AvgIpc) is 2.96. The van der Waals surface area contributed by atoms with Gasteiger partial charge in [0.25, 0.3) is 0 Å². The fourth-order valence-electron chi connectivity index (χ4n) is 3.17. The Morgan fingerprint density at radius 1 is 1.10 bits per heavy atom. The normalized spacial score (nSPS) is 19.0. The van der Waals surface area contributed by atoms with Crippen molar-refractivity contribution in [2.24, 2.45) is 5.73 Å². The van der Waals surface area contributed by atoms with Crippen LogP contribution in [0.4, 0.5) is 5.69 Å². The Labute approximate surface area is 123 Å². The third-order valence-corrected chi connectivity index (χ3v) is 4.46. The lowest BCUT2D eigenvalue weighted by molar-refractivity contribution is 0.142. The van der Waals surface area contributed by atoms with Gasteiger partial charge in [-0.2, -0.15) is 0 Å². The number of benzene rings is 1.